The Bertz CT molecular complexity index is 331. The van der Waals surface area contributed by atoms with Crippen molar-refractivity contribution in [3.63, 3.8) is 0 Å². The summed E-state index contributed by atoms with van der Waals surface area (Å²) in [5.41, 5.74) is 0. The quantitative estimate of drug-likeness (QED) is 0.579. The maximum absolute atomic E-state index is 5.42. The Labute approximate surface area is 114 Å². The summed E-state index contributed by atoms with van der Waals surface area (Å²) in [6, 6.07) is 0.427. The minimum Gasteiger partial charge on any atom is -0.407 e. The first kappa shape index (κ1) is 15.9. The largest absolute Gasteiger partial charge is 0.407 e. The van der Waals surface area contributed by atoms with Crippen LogP contribution in [-0.2, 0) is 16.0 Å². The second kappa shape index (κ2) is 9.71. The Kier molecular flexibility index (Phi) is 8.11. The van der Waals surface area contributed by atoms with Gasteiger partial charge >= 0.3 is 6.01 Å². The van der Waals surface area contributed by atoms with Gasteiger partial charge in [-0.05, 0) is 12.5 Å². The molecule has 7 heteroatoms. The Balaban J connectivity index is 2.09. The van der Waals surface area contributed by atoms with Gasteiger partial charge in [-0.3, -0.25) is 0 Å². The zero-order chi connectivity index (χ0) is 13.9. The van der Waals surface area contributed by atoms with Gasteiger partial charge in [-0.2, -0.15) is 0 Å². The molecular formula is C12H24N4O3. The number of aromatic nitrogens is 2. The maximum Gasteiger partial charge on any atom is 0.315 e. The molecule has 0 aliphatic heterocycles. The molecule has 1 rings (SSSR count). The van der Waals surface area contributed by atoms with Gasteiger partial charge in [0.1, 0.15) is 0 Å². The molecule has 0 aliphatic rings. The van der Waals surface area contributed by atoms with Crippen molar-refractivity contribution in [1.29, 1.82) is 0 Å². The van der Waals surface area contributed by atoms with Crippen molar-refractivity contribution in [1.82, 2.24) is 15.5 Å². The van der Waals surface area contributed by atoms with Crippen molar-refractivity contribution in [2.45, 2.75) is 20.4 Å². The van der Waals surface area contributed by atoms with E-state index in [0.717, 1.165) is 6.54 Å². The van der Waals surface area contributed by atoms with E-state index in [1.54, 1.807) is 7.11 Å². The number of nitrogens with one attached hydrogen (secondary N) is 2. The van der Waals surface area contributed by atoms with Gasteiger partial charge in [-0.25, -0.2) is 0 Å². The number of anilines is 1. The fourth-order valence-electron chi connectivity index (χ4n) is 1.34. The van der Waals surface area contributed by atoms with Gasteiger partial charge in [0.25, 0.3) is 0 Å². The number of hydrogen-bond acceptors (Lipinski definition) is 7. The van der Waals surface area contributed by atoms with Crippen LogP contribution in [0, 0.1) is 5.92 Å². The average molecular weight is 272 g/mol. The molecule has 2 N–H and O–H groups in total. The number of hydrogen-bond donors (Lipinski definition) is 2. The highest BCUT2D eigenvalue weighted by atomic mass is 16.5. The van der Waals surface area contributed by atoms with Crippen LogP contribution in [0.5, 0.6) is 0 Å². The summed E-state index contributed by atoms with van der Waals surface area (Å²) in [7, 11) is 1.65. The van der Waals surface area contributed by atoms with Crippen LogP contribution in [0.4, 0.5) is 6.01 Å². The molecule has 0 fully saturated rings. The molecule has 0 aliphatic carbocycles. The van der Waals surface area contributed by atoms with E-state index in [0.29, 0.717) is 50.7 Å². The van der Waals surface area contributed by atoms with Crippen molar-refractivity contribution in [3.8, 4) is 0 Å². The summed E-state index contributed by atoms with van der Waals surface area (Å²) in [6.45, 7) is 8.22. The first-order valence-corrected chi connectivity index (χ1v) is 6.56. The molecule has 0 saturated carbocycles. The lowest BCUT2D eigenvalue weighted by Gasteiger charge is -2.04. The molecule has 0 saturated heterocycles. The van der Waals surface area contributed by atoms with Gasteiger partial charge in [-0.1, -0.05) is 18.9 Å². The number of rotatable bonds is 11. The van der Waals surface area contributed by atoms with Crippen LogP contribution in [-0.4, -0.2) is 50.2 Å². The zero-order valence-electron chi connectivity index (χ0n) is 11.9. The van der Waals surface area contributed by atoms with Gasteiger partial charge < -0.3 is 24.5 Å². The van der Waals surface area contributed by atoms with Gasteiger partial charge in [-0.15, -0.1) is 5.10 Å². The Hall–Kier alpha value is -1.18. The molecule has 19 heavy (non-hydrogen) atoms. The second-order valence-corrected chi connectivity index (χ2v) is 4.56. The summed E-state index contributed by atoms with van der Waals surface area (Å²) in [5.74, 6) is 1.19. The molecule has 0 aromatic carbocycles. The topological polar surface area (TPSA) is 81.4 Å². The molecule has 1 aromatic rings. The van der Waals surface area contributed by atoms with Crippen LogP contribution in [0.1, 0.15) is 19.7 Å². The third kappa shape index (κ3) is 7.76. The first-order valence-electron chi connectivity index (χ1n) is 6.56. The third-order valence-electron chi connectivity index (χ3n) is 2.25. The van der Waals surface area contributed by atoms with Crippen molar-refractivity contribution < 1.29 is 13.9 Å². The molecule has 0 amide bonds. The predicted octanol–water partition coefficient (Wildman–Crippen LogP) is 0.890. The summed E-state index contributed by atoms with van der Waals surface area (Å²) in [6.07, 6.45) is 0. The van der Waals surface area contributed by atoms with Gasteiger partial charge in [0.15, 0.2) is 0 Å². The molecule has 1 heterocycles. The molecular weight excluding hydrogens is 248 g/mol. The SMILES string of the molecule is COCCOCCNc1nnc(CNCC(C)C)o1. The highest BCUT2D eigenvalue weighted by Gasteiger charge is 2.05. The van der Waals surface area contributed by atoms with Gasteiger partial charge in [0.05, 0.1) is 26.4 Å². The van der Waals surface area contributed by atoms with Crippen LogP contribution >= 0.6 is 0 Å². The molecule has 110 valence electrons. The Morgan fingerprint density at radius 3 is 2.79 bits per heavy atom. The van der Waals surface area contributed by atoms with Crippen molar-refractivity contribution in [2.24, 2.45) is 5.92 Å². The monoisotopic (exact) mass is 272 g/mol. The van der Waals surface area contributed by atoms with Crippen LogP contribution in [0.15, 0.2) is 4.42 Å². The van der Waals surface area contributed by atoms with Crippen LogP contribution < -0.4 is 10.6 Å². The first-order chi connectivity index (χ1) is 9.22. The van der Waals surface area contributed by atoms with E-state index in [1.165, 1.54) is 0 Å². The molecule has 0 radical (unpaired) electrons. The number of ether oxygens (including phenoxy) is 2. The number of nitrogens with zero attached hydrogens (tertiary/aromatic N) is 2. The highest BCUT2D eigenvalue weighted by Crippen LogP contribution is 2.04. The molecule has 0 atom stereocenters. The van der Waals surface area contributed by atoms with Crippen LogP contribution in [0.25, 0.3) is 0 Å². The van der Waals surface area contributed by atoms with Gasteiger partial charge in [0.2, 0.25) is 5.89 Å². The molecule has 7 nitrogen and oxygen atoms in total. The smallest absolute Gasteiger partial charge is 0.315 e. The summed E-state index contributed by atoms with van der Waals surface area (Å²) in [4.78, 5) is 0. The minimum absolute atomic E-state index is 0.427. The van der Waals surface area contributed by atoms with E-state index in [-0.39, 0.29) is 0 Å². The molecule has 0 unspecified atom stereocenters. The number of methoxy groups -OCH3 is 1. The second-order valence-electron chi connectivity index (χ2n) is 4.56. The fraction of sp³-hybridized carbons (Fsp3) is 0.833. The molecule has 0 spiro atoms. The normalized spacial score (nSPS) is 11.2. The average Bonchev–Trinajstić information content (AvgIpc) is 2.81. The summed E-state index contributed by atoms with van der Waals surface area (Å²) >= 11 is 0. The summed E-state index contributed by atoms with van der Waals surface area (Å²) in [5, 5.41) is 14.1. The van der Waals surface area contributed by atoms with E-state index in [4.69, 9.17) is 13.9 Å². The lowest BCUT2D eigenvalue weighted by molar-refractivity contribution is 0.0757. The van der Waals surface area contributed by atoms with Crippen LogP contribution in [0.3, 0.4) is 0 Å². The Morgan fingerprint density at radius 2 is 2.05 bits per heavy atom. The Morgan fingerprint density at radius 1 is 1.21 bits per heavy atom. The summed E-state index contributed by atoms with van der Waals surface area (Å²) < 4.78 is 15.6. The van der Waals surface area contributed by atoms with E-state index in [9.17, 15) is 0 Å². The van der Waals surface area contributed by atoms with Crippen molar-refractivity contribution >= 4 is 6.01 Å². The fourth-order valence-corrected chi connectivity index (χ4v) is 1.34. The van der Waals surface area contributed by atoms with E-state index in [2.05, 4.69) is 34.7 Å². The maximum atomic E-state index is 5.42. The highest BCUT2D eigenvalue weighted by molar-refractivity contribution is 5.16. The minimum atomic E-state index is 0.427. The van der Waals surface area contributed by atoms with Crippen molar-refractivity contribution in [3.05, 3.63) is 5.89 Å². The van der Waals surface area contributed by atoms with Crippen molar-refractivity contribution in [2.75, 3.05) is 45.3 Å². The van der Waals surface area contributed by atoms with Crippen LogP contribution in [0.2, 0.25) is 0 Å². The standard InChI is InChI=1S/C12H24N4O3/c1-10(2)8-13-9-11-15-16-12(19-11)14-4-5-18-7-6-17-3/h10,13H,4-9H2,1-3H3,(H,14,16). The van der Waals surface area contributed by atoms with E-state index < -0.39 is 0 Å². The lowest BCUT2D eigenvalue weighted by Crippen LogP contribution is -2.19. The lowest BCUT2D eigenvalue weighted by atomic mass is 10.2. The van der Waals surface area contributed by atoms with E-state index >= 15 is 0 Å². The van der Waals surface area contributed by atoms with Gasteiger partial charge in [0, 0.05) is 13.7 Å². The molecule has 1 aromatic heterocycles. The third-order valence-corrected chi connectivity index (χ3v) is 2.25. The zero-order valence-corrected chi connectivity index (χ0v) is 11.9. The molecule has 0 bridgehead atoms. The predicted molar refractivity (Wildman–Crippen MR) is 72.0 cm³/mol. The van der Waals surface area contributed by atoms with E-state index in [1.807, 2.05) is 0 Å².